The van der Waals surface area contributed by atoms with Crippen LogP contribution in [0.3, 0.4) is 0 Å². The lowest BCUT2D eigenvalue weighted by atomic mass is 10.0. The summed E-state index contributed by atoms with van der Waals surface area (Å²) >= 11 is 0. The molecule has 5 nitrogen and oxygen atoms in total. The standard InChI is InChI=1S/C22H25FN2O3/c1-15-7-6-8-18(20(26)25-13-4-5-14-25)19(15)24-21(27)22(2,3)28-17-11-9-16(23)10-12-17/h6-12H,4-5,13-14H2,1-3H3,(H,24,27). The Morgan fingerprint density at radius 3 is 2.36 bits per heavy atom. The second kappa shape index (κ2) is 8.00. The van der Waals surface area contributed by atoms with Gasteiger partial charge in [-0.2, -0.15) is 0 Å². The fourth-order valence-corrected chi connectivity index (χ4v) is 3.21. The number of aryl methyl sites for hydroxylation is 1. The van der Waals surface area contributed by atoms with Crippen molar-refractivity contribution in [3.8, 4) is 5.75 Å². The van der Waals surface area contributed by atoms with E-state index < -0.39 is 5.60 Å². The number of amides is 2. The van der Waals surface area contributed by atoms with E-state index in [0.717, 1.165) is 31.5 Å². The molecule has 0 aliphatic carbocycles. The van der Waals surface area contributed by atoms with Crippen LogP contribution < -0.4 is 10.1 Å². The van der Waals surface area contributed by atoms with E-state index in [1.807, 2.05) is 24.0 Å². The third-order valence-electron chi connectivity index (χ3n) is 4.87. The number of likely N-dealkylation sites (tertiary alicyclic amines) is 1. The van der Waals surface area contributed by atoms with Gasteiger partial charge in [0.2, 0.25) is 0 Å². The van der Waals surface area contributed by atoms with E-state index >= 15 is 0 Å². The maximum atomic E-state index is 13.1. The van der Waals surface area contributed by atoms with Crippen LogP contribution in [0.1, 0.15) is 42.6 Å². The Bertz CT molecular complexity index is 872. The molecule has 0 aromatic heterocycles. The molecule has 0 spiro atoms. The third kappa shape index (κ3) is 4.32. The average Bonchev–Trinajstić information content (AvgIpc) is 3.19. The fraction of sp³-hybridized carbons (Fsp3) is 0.364. The average molecular weight is 384 g/mol. The topological polar surface area (TPSA) is 58.6 Å². The predicted molar refractivity (Wildman–Crippen MR) is 106 cm³/mol. The number of para-hydroxylation sites is 1. The van der Waals surface area contributed by atoms with E-state index in [1.165, 1.54) is 24.3 Å². The van der Waals surface area contributed by atoms with Crippen LogP contribution in [0.5, 0.6) is 5.75 Å². The van der Waals surface area contributed by atoms with E-state index in [4.69, 9.17) is 4.74 Å². The zero-order valence-electron chi connectivity index (χ0n) is 16.4. The molecule has 1 N–H and O–H groups in total. The predicted octanol–water partition coefficient (Wildman–Crippen LogP) is 4.17. The molecular weight excluding hydrogens is 359 g/mol. The first-order chi connectivity index (χ1) is 13.3. The molecule has 1 saturated heterocycles. The van der Waals surface area contributed by atoms with Gasteiger partial charge in [-0.1, -0.05) is 12.1 Å². The minimum atomic E-state index is -1.21. The third-order valence-corrected chi connectivity index (χ3v) is 4.87. The summed E-state index contributed by atoms with van der Waals surface area (Å²) in [5.74, 6) is -0.449. The van der Waals surface area contributed by atoms with E-state index in [2.05, 4.69) is 5.32 Å². The molecule has 0 bridgehead atoms. The molecule has 2 aromatic rings. The summed E-state index contributed by atoms with van der Waals surface area (Å²) in [6.45, 7) is 6.58. The van der Waals surface area contributed by atoms with Crippen molar-refractivity contribution in [3.05, 3.63) is 59.4 Å². The first kappa shape index (κ1) is 19.9. The largest absolute Gasteiger partial charge is 0.478 e. The van der Waals surface area contributed by atoms with Gasteiger partial charge < -0.3 is 15.0 Å². The smallest absolute Gasteiger partial charge is 0.268 e. The van der Waals surface area contributed by atoms with Crippen molar-refractivity contribution in [3.63, 3.8) is 0 Å². The van der Waals surface area contributed by atoms with E-state index in [9.17, 15) is 14.0 Å². The maximum Gasteiger partial charge on any atom is 0.268 e. The van der Waals surface area contributed by atoms with Gasteiger partial charge in [-0.25, -0.2) is 4.39 Å². The lowest BCUT2D eigenvalue weighted by molar-refractivity contribution is -0.128. The van der Waals surface area contributed by atoms with Gasteiger partial charge in [-0.05, 0) is 69.5 Å². The van der Waals surface area contributed by atoms with Crippen LogP contribution in [0.2, 0.25) is 0 Å². The molecule has 0 atom stereocenters. The highest BCUT2D eigenvalue weighted by Crippen LogP contribution is 2.26. The normalized spacial score (nSPS) is 14.1. The van der Waals surface area contributed by atoms with Gasteiger partial charge in [-0.15, -0.1) is 0 Å². The van der Waals surface area contributed by atoms with Crippen LogP contribution in [0.15, 0.2) is 42.5 Å². The van der Waals surface area contributed by atoms with E-state index in [1.54, 1.807) is 19.9 Å². The van der Waals surface area contributed by atoms with Crippen molar-refractivity contribution in [2.24, 2.45) is 0 Å². The number of nitrogens with one attached hydrogen (secondary N) is 1. The highest BCUT2D eigenvalue weighted by atomic mass is 19.1. The first-order valence-corrected chi connectivity index (χ1v) is 9.43. The van der Waals surface area contributed by atoms with Gasteiger partial charge >= 0.3 is 0 Å². The highest BCUT2D eigenvalue weighted by Gasteiger charge is 2.32. The molecule has 148 valence electrons. The van der Waals surface area contributed by atoms with Crippen molar-refractivity contribution in [2.45, 2.75) is 39.2 Å². The fourth-order valence-electron chi connectivity index (χ4n) is 3.21. The van der Waals surface area contributed by atoms with Gasteiger partial charge in [0.15, 0.2) is 5.60 Å². The Kier molecular flexibility index (Phi) is 5.68. The SMILES string of the molecule is Cc1cccc(C(=O)N2CCCC2)c1NC(=O)C(C)(C)Oc1ccc(F)cc1. The van der Waals surface area contributed by atoms with Gasteiger partial charge in [0.25, 0.3) is 11.8 Å². The Morgan fingerprint density at radius 2 is 1.71 bits per heavy atom. The van der Waals surface area contributed by atoms with E-state index in [-0.39, 0.29) is 17.6 Å². The number of anilines is 1. The first-order valence-electron chi connectivity index (χ1n) is 9.43. The zero-order valence-corrected chi connectivity index (χ0v) is 16.4. The summed E-state index contributed by atoms with van der Waals surface area (Å²) in [7, 11) is 0. The van der Waals surface area contributed by atoms with Crippen molar-refractivity contribution >= 4 is 17.5 Å². The number of hydrogen-bond acceptors (Lipinski definition) is 3. The summed E-state index contributed by atoms with van der Waals surface area (Å²) in [5.41, 5.74) is 0.567. The molecule has 6 heteroatoms. The number of rotatable bonds is 5. The van der Waals surface area contributed by atoms with Crippen molar-refractivity contribution in [2.75, 3.05) is 18.4 Å². The van der Waals surface area contributed by atoms with Gasteiger partial charge in [0.1, 0.15) is 11.6 Å². The lowest BCUT2D eigenvalue weighted by Crippen LogP contribution is -2.43. The van der Waals surface area contributed by atoms with Crippen LogP contribution in [-0.4, -0.2) is 35.4 Å². The quantitative estimate of drug-likeness (QED) is 0.842. The number of halogens is 1. The minimum Gasteiger partial charge on any atom is -0.478 e. The molecule has 1 heterocycles. The number of benzene rings is 2. The van der Waals surface area contributed by atoms with Crippen LogP contribution >= 0.6 is 0 Å². The molecule has 1 aliphatic rings. The molecule has 0 saturated carbocycles. The van der Waals surface area contributed by atoms with Crippen LogP contribution in [-0.2, 0) is 4.79 Å². The second-order valence-electron chi connectivity index (χ2n) is 7.52. The summed E-state index contributed by atoms with van der Waals surface area (Å²) in [6.07, 6.45) is 2.00. The van der Waals surface area contributed by atoms with Crippen molar-refractivity contribution in [1.29, 1.82) is 0 Å². The lowest BCUT2D eigenvalue weighted by Gasteiger charge is -2.27. The number of nitrogens with zero attached hydrogens (tertiary/aromatic N) is 1. The molecule has 3 rings (SSSR count). The molecular formula is C22H25FN2O3. The van der Waals surface area contributed by atoms with Crippen LogP contribution in [0.4, 0.5) is 10.1 Å². The van der Waals surface area contributed by atoms with E-state index in [0.29, 0.717) is 17.0 Å². The molecule has 28 heavy (non-hydrogen) atoms. The molecule has 1 aliphatic heterocycles. The number of ether oxygens (including phenoxy) is 1. The Balaban J connectivity index is 1.80. The van der Waals surface area contributed by atoms with Crippen molar-refractivity contribution < 1.29 is 18.7 Å². The molecule has 1 fully saturated rings. The highest BCUT2D eigenvalue weighted by molar-refractivity contribution is 6.06. The number of carbonyl (C=O) groups excluding carboxylic acids is 2. The van der Waals surface area contributed by atoms with Crippen LogP contribution in [0.25, 0.3) is 0 Å². The Morgan fingerprint density at radius 1 is 1.07 bits per heavy atom. The zero-order chi connectivity index (χ0) is 20.3. The van der Waals surface area contributed by atoms with Crippen molar-refractivity contribution in [1.82, 2.24) is 4.90 Å². The van der Waals surface area contributed by atoms with Gasteiger partial charge in [0.05, 0.1) is 11.3 Å². The molecule has 0 unspecified atom stereocenters. The van der Waals surface area contributed by atoms with Gasteiger partial charge in [-0.3, -0.25) is 9.59 Å². The monoisotopic (exact) mass is 384 g/mol. The molecule has 2 aromatic carbocycles. The maximum absolute atomic E-state index is 13.1. The Hall–Kier alpha value is -2.89. The number of carbonyl (C=O) groups is 2. The molecule has 2 amide bonds. The summed E-state index contributed by atoms with van der Waals surface area (Å²) < 4.78 is 18.8. The minimum absolute atomic E-state index is 0.0752. The van der Waals surface area contributed by atoms with Gasteiger partial charge in [0, 0.05) is 13.1 Å². The summed E-state index contributed by atoms with van der Waals surface area (Å²) in [5, 5.41) is 2.87. The van der Waals surface area contributed by atoms with Crippen LogP contribution in [0, 0.1) is 12.7 Å². The molecule has 0 radical (unpaired) electrons. The number of hydrogen-bond donors (Lipinski definition) is 1. The summed E-state index contributed by atoms with van der Waals surface area (Å²) in [6, 6.07) is 10.9. The second-order valence-corrected chi connectivity index (χ2v) is 7.52. The Labute approximate surface area is 164 Å². The summed E-state index contributed by atoms with van der Waals surface area (Å²) in [4.78, 5) is 27.6.